The van der Waals surface area contributed by atoms with Crippen molar-refractivity contribution < 1.29 is 19.1 Å². The fourth-order valence-corrected chi connectivity index (χ4v) is 2.61. The van der Waals surface area contributed by atoms with Crippen molar-refractivity contribution in [2.75, 3.05) is 7.11 Å². The van der Waals surface area contributed by atoms with Crippen LogP contribution in [0.4, 0.5) is 4.79 Å². The molecule has 2 atom stereocenters. The van der Waals surface area contributed by atoms with Gasteiger partial charge in [0.25, 0.3) is 0 Å². The maximum absolute atomic E-state index is 12.0. The highest BCUT2D eigenvalue weighted by Gasteiger charge is 2.39. The van der Waals surface area contributed by atoms with Crippen LogP contribution < -0.4 is 5.32 Å². The standard InChI is InChI=1S/C16H21NO4/c1-16(2,3)21-15(19)17-12-9-10-7-5-6-8-11(10)13(12)14(18)20-4/h5-8,12-13H,9H2,1-4H3,(H,17,19). The van der Waals surface area contributed by atoms with E-state index in [-0.39, 0.29) is 12.0 Å². The molecule has 21 heavy (non-hydrogen) atoms. The summed E-state index contributed by atoms with van der Waals surface area (Å²) in [7, 11) is 1.35. The number of hydrogen-bond acceptors (Lipinski definition) is 4. The van der Waals surface area contributed by atoms with Crippen LogP contribution in [-0.2, 0) is 20.7 Å². The van der Waals surface area contributed by atoms with Crippen LogP contribution >= 0.6 is 0 Å². The monoisotopic (exact) mass is 291 g/mol. The lowest BCUT2D eigenvalue weighted by Crippen LogP contribution is -2.43. The van der Waals surface area contributed by atoms with Crippen LogP contribution in [0.3, 0.4) is 0 Å². The molecule has 5 nitrogen and oxygen atoms in total. The van der Waals surface area contributed by atoms with E-state index in [4.69, 9.17) is 9.47 Å². The lowest BCUT2D eigenvalue weighted by atomic mass is 9.98. The Labute approximate surface area is 124 Å². The summed E-state index contributed by atoms with van der Waals surface area (Å²) in [5.74, 6) is -0.834. The second-order valence-electron chi connectivity index (χ2n) is 6.16. The van der Waals surface area contributed by atoms with Crippen LogP contribution in [0.5, 0.6) is 0 Å². The molecule has 114 valence electrons. The van der Waals surface area contributed by atoms with Crippen LogP contribution in [0.25, 0.3) is 0 Å². The van der Waals surface area contributed by atoms with Gasteiger partial charge in [-0.05, 0) is 38.3 Å². The lowest BCUT2D eigenvalue weighted by Gasteiger charge is -2.24. The van der Waals surface area contributed by atoms with Crippen LogP contribution in [0.2, 0.25) is 0 Å². The Kier molecular flexibility index (Phi) is 4.21. The largest absolute Gasteiger partial charge is 0.468 e. The molecule has 0 aliphatic heterocycles. The molecule has 0 radical (unpaired) electrons. The second kappa shape index (κ2) is 5.76. The molecule has 0 bridgehead atoms. The van der Waals surface area contributed by atoms with Crippen molar-refractivity contribution in [1.82, 2.24) is 5.32 Å². The molecule has 1 aromatic rings. The molecule has 1 N–H and O–H groups in total. The van der Waals surface area contributed by atoms with E-state index in [1.165, 1.54) is 7.11 Å². The summed E-state index contributed by atoms with van der Waals surface area (Å²) in [6.45, 7) is 5.40. The Bertz CT molecular complexity index is 547. The van der Waals surface area contributed by atoms with Gasteiger partial charge in [0.15, 0.2) is 0 Å². The van der Waals surface area contributed by atoms with Crippen LogP contribution in [-0.4, -0.2) is 30.8 Å². The fourth-order valence-electron chi connectivity index (χ4n) is 2.61. The van der Waals surface area contributed by atoms with Gasteiger partial charge in [0.2, 0.25) is 0 Å². The number of carbonyl (C=O) groups is 2. The van der Waals surface area contributed by atoms with Crippen molar-refractivity contribution in [3.8, 4) is 0 Å². The maximum atomic E-state index is 12.0. The molecule has 0 heterocycles. The number of esters is 1. The number of ether oxygens (including phenoxy) is 2. The number of methoxy groups -OCH3 is 1. The van der Waals surface area contributed by atoms with Gasteiger partial charge in [-0.3, -0.25) is 4.79 Å². The normalized spacial score (nSPS) is 20.6. The van der Waals surface area contributed by atoms with E-state index in [1.54, 1.807) is 20.8 Å². The van der Waals surface area contributed by atoms with Crippen molar-refractivity contribution in [1.29, 1.82) is 0 Å². The number of rotatable bonds is 2. The molecular formula is C16H21NO4. The Morgan fingerprint density at radius 3 is 2.52 bits per heavy atom. The quantitative estimate of drug-likeness (QED) is 0.850. The number of hydrogen-bond donors (Lipinski definition) is 1. The van der Waals surface area contributed by atoms with Crippen molar-refractivity contribution >= 4 is 12.1 Å². The summed E-state index contributed by atoms with van der Waals surface area (Å²) in [5.41, 5.74) is 1.38. The van der Waals surface area contributed by atoms with E-state index in [2.05, 4.69) is 5.32 Å². The number of nitrogens with one attached hydrogen (secondary N) is 1. The number of fused-ring (bicyclic) bond motifs is 1. The maximum Gasteiger partial charge on any atom is 0.407 e. The van der Waals surface area contributed by atoms with Gasteiger partial charge in [0.1, 0.15) is 11.5 Å². The summed E-state index contributed by atoms with van der Waals surface area (Å²) in [5, 5.41) is 2.79. The molecule has 1 aromatic carbocycles. The summed E-state index contributed by atoms with van der Waals surface area (Å²) < 4.78 is 10.1. The smallest absolute Gasteiger partial charge is 0.407 e. The fraction of sp³-hybridized carbons (Fsp3) is 0.500. The first kappa shape index (κ1) is 15.4. The van der Waals surface area contributed by atoms with Gasteiger partial charge in [0, 0.05) is 0 Å². The number of carbonyl (C=O) groups excluding carboxylic acids is 2. The highest BCUT2D eigenvalue weighted by atomic mass is 16.6. The van der Waals surface area contributed by atoms with E-state index in [0.29, 0.717) is 6.42 Å². The molecule has 1 aliphatic rings. The summed E-state index contributed by atoms with van der Waals surface area (Å²) in [6, 6.07) is 7.31. The Morgan fingerprint density at radius 2 is 1.90 bits per heavy atom. The third-order valence-electron chi connectivity index (χ3n) is 3.39. The van der Waals surface area contributed by atoms with Gasteiger partial charge in [-0.1, -0.05) is 24.3 Å². The Balaban J connectivity index is 2.17. The average molecular weight is 291 g/mol. The average Bonchev–Trinajstić information content (AvgIpc) is 2.73. The molecule has 0 aromatic heterocycles. The molecule has 0 saturated carbocycles. The van der Waals surface area contributed by atoms with E-state index in [0.717, 1.165) is 11.1 Å². The molecule has 5 heteroatoms. The Morgan fingerprint density at radius 1 is 1.24 bits per heavy atom. The topological polar surface area (TPSA) is 64.6 Å². The molecular weight excluding hydrogens is 270 g/mol. The molecule has 0 fully saturated rings. The van der Waals surface area contributed by atoms with Crippen molar-refractivity contribution in [3.05, 3.63) is 35.4 Å². The van der Waals surface area contributed by atoms with Gasteiger partial charge in [-0.2, -0.15) is 0 Å². The van der Waals surface area contributed by atoms with E-state index < -0.39 is 17.6 Å². The summed E-state index contributed by atoms with van der Waals surface area (Å²) in [6.07, 6.45) is 0.0732. The van der Waals surface area contributed by atoms with Crippen LogP contribution in [0.15, 0.2) is 24.3 Å². The molecule has 0 spiro atoms. The third kappa shape index (κ3) is 3.54. The predicted octanol–water partition coefficient (Wildman–Crippen LogP) is 2.39. The highest BCUT2D eigenvalue weighted by molar-refractivity contribution is 5.82. The van der Waals surface area contributed by atoms with Crippen molar-refractivity contribution in [2.45, 2.75) is 44.8 Å². The second-order valence-corrected chi connectivity index (χ2v) is 6.16. The number of alkyl carbamates (subject to hydrolysis) is 1. The van der Waals surface area contributed by atoms with Gasteiger partial charge < -0.3 is 14.8 Å². The van der Waals surface area contributed by atoms with Gasteiger partial charge in [0.05, 0.1) is 13.2 Å². The van der Waals surface area contributed by atoms with Crippen LogP contribution in [0, 0.1) is 0 Å². The molecule has 1 amide bonds. The molecule has 2 unspecified atom stereocenters. The van der Waals surface area contributed by atoms with E-state index in [1.807, 2.05) is 24.3 Å². The summed E-state index contributed by atoms with van der Waals surface area (Å²) >= 11 is 0. The third-order valence-corrected chi connectivity index (χ3v) is 3.39. The first-order chi connectivity index (χ1) is 9.81. The van der Waals surface area contributed by atoms with Crippen molar-refractivity contribution in [2.24, 2.45) is 0 Å². The minimum atomic E-state index is -0.573. The van der Waals surface area contributed by atoms with Gasteiger partial charge >= 0.3 is 12.1 Å². The SMILES string of the molecule is COC(=O)C1c2ccccc2CC1NC(=O)OC(C)(C)C. The molecule has 2 rings (SSSR count). The minimum Gasteiger partial charge on any atom is -0.468 e. The zero-order chi connectivity index (χ0) is 15.6. The van der Waals surface area contributed by atoms with Crippen molar-refractivity contribution in [3.63, 3.8) is 0 Å². The minimum absolute atomic E-state index is 0.343. The number of benzene rings is 1. The predicted molar refractivity (Wildman–Crippen MR) is 78.1 cm³/mol. The first-order valence-corrected chi connectivity index (χ1v) is 6.97. The van der Waals surface area contributed by atoms with Crippen LogP contribution in [0.1, 0.15) is 37.8 Å². The van der Waals surface area contributed by atoms with E-state index >= 15 is 0 Å². The zero-order valence-corrected chi connectivity index (χ0v) is 12.8. The molecule has 0 saturated heterocycles. The molecule has 1 aliphatic carbocycles. The lowest BCUT2D eigenvalue weighted by molar-refractivity contribution is -0.142. The van der Waals surface area contributed by atoms with E-state index in [9.17, 15) is 9.59 Å². The van der Waals surface area contributed by atoms with Gasteiger partial charge in [-0.15, -0.1) is 0 Å². The highest BCUT2D eigenvalue weighted by Crippen LogP contribution is 2.34. The van der Waals surface area contributed by atoms with Gasteiger partial charge in [-0.25, -0.2) is 4.79 Å². The Hall–Kier alpha value is -2.04. The first-order valence-electron chi connectivity index (χ1n) is 6.97. The zero-order valence-electron chi connectivity index (χ0n) is 12.8. The summed E-state index contributed by atoms with van der Waals surface area (Å²) in [4.78, 5) is 24.0. The number of amides is 1.